The second-order valence-corrected chi connectivity index (χ2v) is 3.95. The van der Waals surface area contributed by atoms with Gasteiger partial charge in [0.15, 0.2) is 0 Å². The van der Waals surface area contributed by atoms with Crippen LogP contribution in [0, 0.1) is 0 Å². The highest BCUT2D eigenvalue weighted by Crippen LogP contribution is 2.22. The third kappa shape index (κ3) is 3.81. The Morgan fingerprint density at radius 2 is 0.929 bits per heavy atom. The Morgan fingerprint density at radius 1 is 0.714 bits per heavy atom. The van der Waals surface area contributed by atoms with E-state index in [0.29, 0.717) is 25.7 Å². The van der Waals surface area contributed by atoms with Crippen molar-refractivity contribution >= 4 is 0 Å². The van der Waals surface area contributed by atoms with Crippen molar-refractivity contribution in [1.82, 2.24) is 0 Å². The van der Waals surface area contributed by atoms with Crippen molar-refractivity contribution in [3.63, 3.8) is 0 Å². The van der Waals surface area contributed by atoms with Gasteiger partial charge in [-0.15, -0.1) is 0 Å². The summed E-state index contributed by atoms with van der Waals surface area (Å²) in [6.45, 7) is 7.80. The van der Waals surface area contributed by atoms with Crippen LogP contribution in [0.5, 0.6) is 0 Å². The van der Waals surface area contributed by atoms with Crippen molar-refractivity contribution < 1.29 is 10.2 Å². The average Bonchev–Trinajstić information content (AvgIpc) is 2.25. The predicted octanol–water partition coefficient (Wildman–Crippen LogP) is 2.64. The van der Waals surface area contributed by atoms with Gasteiger partial charge in [0.05, 0.1) is 11.2 Å². The summed E-state index contributed by atoms with van der Waals surface area (Å²) in [5, 5.41) is 20.0. The Labute approximate surface area is 87.7 Å². The molecule has 0 unspecified atom stereocenters. The molecule has 0 amide bonds. The lowest BCUT2D eigenvalue weighted by molar-refractivity contribution is 0.0648. The second kappa shape index (κ2) is 5.52. The summed E-state index contributed by atoms with van der Waals surface area (Å²) in [5.74, 6) is 0. The van der Waals surface area contributed by atoms with Crippen LogP contribution in [0.3, 0.4) is 0 Å². The van der Waals surface area contributed by atoms with Gasteiger partial charge in [0.25, 0.3) is 0 Å². The first-order chi connectivity index (χ1) is 6.45. The molecule has 0 saturated heterocycles. The molecule has 0 aromatic heterocycles. The standard InChI is InChI=1S/C12H24O2/c1-5-11(13,6-2)9-10-12(14,7-3)8-4/h9-10,13-14H,5-8H2,1-4H3/b10-9-. The van der Waals surface area contributed by atoms with Gasteiger partial charge in [0.1, 0.15) is 0 Å². The molecule has 0 aliphatic rings. The Bertz CT molecular complexity index is 157. The molecule has 0 saturated carbocycles. The van der Waals surface area contributed by atoms with Gasteiger partial charge in [-0.05, 0) is 25.7 Å². The van der Waals surface area contributed by atoms with E-state index in [1.54, 1.807) is 12.2 Å². The maximum absolute atomic E-state index is 9.99. The highest BCUT2D eigenvalue weighted by atomic mass is 16.3. The van der Waals surface area contributed by atoms with E-state index in [2.05, 4.69) is 0 Å². The van der Waals surface area contributed by atoms with E-state index in [4.69, 9.17) is 0 Å². The Balaban J connectivity index is 4.54. The van der Waals surface area contributed by atoms with Gasteiger partial charge in [-0.1, -0.05) is 39.8 Å². The lowest BCUT2D eigenvalue weighted by Gasteiger charge is -2.25. The van der Waals surface area contributed by atoms with Crippen molar-refractivity contribution in [3.8, 4) is 0 Å². The van der Waals surface area contributed by atoms with Gasteiger partial charge in [-0.25, -0.2) is 0 Å². The fourth-order valence-corrected chi connectivity index (χ4v) is 1.28. The molecule has 0 radical (unpaired) electrons. The van der Waals surface area contributed by atoms with E-state index < -0.39 is 11.2 Å². The molecule has 0 spiro atoms. The van der Waals surface area contributed by atoms with Crippen molar-refractivity contribution in [2.75, 3.05) is 0 Å². The van der Waals surface area contributed by atoms with Crippen LogP contribution in [0.15, 0.2) is 12.2 Å². The minimum absolute atomic E-state index is 0.684. The maximum atomic E-state index is 9.99. The van der Waals surface area contributed by atoms with Crippen molar-refractivity contribution in [1.29, 1.82) is 0 Å². The van der Waals surface area contributed by atoms with Crippen molar-refractivity contribution in [2.45, 2.75) is 64.6 Å². The van der Waals surface area contributed by atoms with Crippen LogP contribution in [0.4, 0.5) is 0 Å². The zero-order valence-electron chi connectivity index (χ0n) is 9.88. The predicted molar refractivity (Wildman–Crippen MR) is 60.2 cm³/mol. The fourth-order valence-electron chi connectivity index (χ4n) is 1.28. The van der Waals surface area contributed by atoms with Gasteiger partial charge in [0.2, 0.25) is 0 Å². The van der Waals surface area contributed by atoms with E-state index in [-0.39, 0.29) is 0 Å². The molecule has 0 rings (SSSR count). The van der Waals surface area contributed by atoms with Crippen molar-refractivity contribution in [2.24, 2.45) is 0 Å². The highest BCUT2D eigenvalue weighted by Gasteiger charge is 2.22. The van der Waals surface area contributed by atoms with E-state index in [1.807, 2.05) is 27.7 Å². The van der Waals surface area contributed by atoms with Crippen LogP contribution in [0.1, 0.15) is 53.4 Å². The van der Waals surface area contributed by atoms with Crippen molar-refractivity contribution in [3.05, 3.63) is 12.2 Å². The summed E-state index contributed by atoms with van der Waals surface area (Å²) in [6.07, 6.45) is 6.24. The van der Waals surface area contributed by atoms with E-state index in [1.165, 1.54) is 0 Å². The number of hydrogen-bond acceptors (Lipinski definition) is 2. The Hall–Kier alpha value is -0.340. The van der Waals surface area contributed by atoms with Gasteiger partial charge in [-0.3, -0.25) is 0 Å². The molecular formula is C12H24O2. The highest BCUT2D eigenvalue weighted by molar-refractivity contribution is 5.07. The maximum Gasteiger partial charge on any atom is 0.0823 e. The van der Waals surface area contributed by atoms with E-state index in [9.17, 15) is 10.2 Å². The quantitative estimate of drug-likeness (QED) is 0.647. The Kier molecular flexibility index (Phi) is 5.38. The molecule has 84 valence electrons. The number of rotatable bonds is 6. The SMILES string of the molecule is CCC(O)(/C=C\C(O)(CC)CC)CC. The molecule has 0 aromatic rings. The average molecular weight is 200 g/mol. The summed E-state index contributed by atoms with van der Waals surface area (Å²) >= 11 is 0. The third-order valence-electron chi connectivity index (χ3n) is 3.15. The topological polar surface area (TPSA) is 40.5 Å². The van der Waals surface area contributed by atoms with E-state index in [0.717, 1.165) is 0 Å². The lowest BCUT2D eigenvalue weighted by Crippen LogP contribution is -2.28. The molecule has 0 fully saturated rings. The van der Waals surface area contributed by atoms with E-state index >= 15 is 0 Å². The first kappa shape index (κ1) is 13.7. The monoisotopic (exact) mass is 200 g/mol. The zero-order valence-corrected chi connectivity index (χ0v) is 9.88. The summed E-state index contributed by atoms with van der Waals surface area (Å²) < 4.78 is 0. The van der Waals surface area contributed by atoms with Crippen LogP contribution >= 0.6 is 0 Å². The summed E-state index contributed by atoms with van der Waals surface area (Å²) in [6, 6.07) is 0. The first-order valence-electron chi connectivity index (χ1n) is 5.60. The van der Waals surface area contributed by atoms with Gasteiger partial charge in [-0.2, -0.15) is 0 Å². The van der Waals surface area contributed by atoms with Crippen LogP contribution in [0.25, 0.3) is 0 Å². The van der Waals surface area contributed by atoms with Crippen LogP contribution in [0.2, 0.25) is 0 Å². The van der Waals surface area contributed by atoms with Gasteiger partial charge in [0, 0.05) is 0 Å². The molecule has 2 nitrogen and oxygen atoms in total. The summed E-state index contributed by atoms with van der Waals surface area (Å²) in [7, 11) is 0. The van der Waals surface area contributed by atoms with Crippen LogP contribution in [-0.2, 0) is 0 Å². The summed E-state index contributed by atoms with van der Waals surface area (Å²) in [4.78, 5) is 0. The molecule has 0 bridgehead atoms. The van der Waals surface area contributed by atoms with Gasteiger partial charge < -0.3 is 10.2 Å². The van der Waals surface area contributed by atoms with Gasteiger partial charge >= 0.3 is 0 Å². The molecule has 0 aromatic carbocycles. The van der Waals surface area contributed by atoms with Crippen LogP contribution in [-0.4, -0.2) is 21.4 Å². The largest absolute Gasteiger partial charge is 0.386 e. The molecule has 0 aliphatic carbocycles. The number of aliphatic hydroxyl groups is 2. The normalized spacial score (nSPS) is 13.9. The fraction of sp³-hybridized carbons (Fsp3) is 0.833. The molecule has 2 heteroatoms. The lowest BCUT2D eigenvalue weighted by atomic mass is 9.91. The second-order valence-electron chi connectivity index (χ2n) is 3.95. The Morgan fingerprint density at radius 3 is 1.07 bits per heavy atom. The smallest absolute Gasteiger partial charge is 0.0823 e. The zero-order chi connectivity index (χ0) is 11.2. The third-order valence-corrected chi connectivity index (χ3v) is 3.15. The molecular weight excluding hydrogens is 176 g/mol. The first-order valence-corrected chi connectivity index (χ1v) is 5.60. The molecule has 0 atom stereocenters. The minimum atomic E-state index is -0.752. The minimum Gasteiger partial charge on any atom is -0.386 e. The summed E-state index contributed by atoms with van der Waals surface area (Å²) in [5.41, 5.74) is -1.50. The number of hydrogen-bond donors (Lipinski definition) is 2. The molecule has 0 aliphatic heterocycles. The molecule has 2 N–H and O–H groups in total. The van der Waals surface area contributed by atoms with Crippen LogP contribution < -0.4 is 0 Å². The molecule has 14 heavy (non-hydrogen) atoms. The molecule has 0 heterocycles.